The number of ether oxygens (including phenoxy) is 1. The second-order valence-corrected chi connectivity index (χ2v) is 9.51. The van der Waals surface area contributed by atoms with E-state index in [1.165, 1.54) is 0 Å². The number of furan rings is 1. The van der Waals surface area contributed by atoms with Crippen molar-refractivity contribution in [3.8, 4) is 16.5 Å². The quantitative estimate of drug-likeness (QED) is 0.300. The Kier molecular flexibility index (Phi) is 5.66. The molecular weight excluding hydrogens is 402 g/mol. The van der Waals surface area contributed by atoms with E-state index in [1.54, 1.807) is 11.3 Å². The maximum atomic E-state index is 6.03. The zero-order chi connectivity index (χ0) is 20.4. The fourth-order valence-corrected chi connectivity index (χ4v) is 4.28. The van der Waals surface area contributed by atoms with Gasteiger partial charge in [-0.15, -0.1) is 22.9 Å². The van der Waals surface area contributed by atoms with Gasteiger partial charge in [-0.2, -0.15) is 0 Å². The van der Waals surface area contributed by atoms with E-state index >= 15 is 0 Å². The fraction of sp³-hybridized carbons (Fsp3) is 0.292. The Morgan fingerprint density at radius 2 is 1.86 bits per heavy atom. The molecule has 0 aliphatic heterocycles. The highest BCUT2D eigenvalue weighted by Gasteiger charge is 2.16. The maximum Gasteiger partial charge on any atom is 0.164 e. The highest BCUT2D eigenvalue weighted by atomic mass is 35.5. The van der Waals surface area contributed by atoms with Crippen molar-refractivity contribution >= 4 is 33.9 Å². The fourth-order valence-electron chi connectivity index (χ4n) is 3.25. The Morgan fingerprint density at radius 3 is 2.62 bits per heavy atom. The van der Waals surface area contributed by atoms with Gasteiger partial charge in [0.2, 0.25) is 0 Å². The lowest BCUT2D eigenvalue weighted by Gasteiger charge is -2.15. The molecule has 0 aliphatic carbocycles. The minimum atomic E-state index is 0.216. The number of alkyl halides is 1. The molecule has 2 aromatic heterocycles. The molecule has 0 N–H and O–H groups in total. The van der Waals surface area contributed by atoms with Crippen LogP contribution in [-0.4, -0.2) is 4.98 Å². The van der Waals surface area contributed by atoms with E-state index in [0.717, 1.165) is 50.7 Å². The van der Waals surface area contributed by atoms with Crippen LogP contribution in [0.5, 0.6) is 5.75 Å². The minimum absolute atomic E-state index is 0.216. The Hall–Kier alpha value is -2.30. The third kappa shape index (κ3) is 4.82. The lowest BCUT2D eigenvalue weighted by molar-refractivity contribution is 0.305. The Labute approximate surface area is 180 Å². The molecule has 0 bridgehead atoms. The van der Waals surface area contributed by atoms with E-state index in [0.29, 0.717) is 12.5 Å². The monoisotopic (exact) mass is 425 g/mol. The number of hydrogen-bond donors (Lipinski definition) is 0. The van der Waals surface area contributed by atoms with Crippen LogP contribution in [0.2, 0.25) is 0 Å². The molecule has 0 saturated heterocycles. The van der Waals surface area contributed by atoms with Gasteiger partial charge in [0.25, 0.3) is 0 Å². The van der Waals surface area contributed by atoms with Crippen LogP contribution < -0.4 is 4.74 Å². The molecule has 0 aliphatic rings. The van der Waals surface area contributed by atoms with Gasteiger partial charge in [-0.3, -0.25) is 0 Å². The van der Waals surface area contributed by atoms with E-state index < -0.39 is 0 Å². The van der Waals surface area contributed by atoms with Crippen LogP contribution in [-0.2, 0) is 18.9 Å². The summed E-state index contributed by atoms with van der Waals surface area (Å²) in [4.78, 5) is 4.76. The van der Waals surface area contributed by atoms with Gasteiger partial charge in [-0.05, 0) is 47.2 Å². The second-order valence-electron chi connectivity index (χ2n) is 8.38. The van der Waals surface area contributed by atoms with Crippen LogP contribution in [0.25, 0.3) is 21.7 Å². The number of aromatic nitrogens is 1. The van der Waals surface area contributed by atoms with Crippen LogP contribution in [0.3, 0.4) is 0 Å². The number of fused-ring (bicyclic) bond motifs is 1. The Bertz CT molecular complexity index is 1120. The van der Waals surface area contributed by atoms with Gasteiger partial charge < -0.3 is 9.15 Å². The van der Waals surface area contributed by atoms with Gasteiger partial charge >= 0.3 is 0 Å². The smallest absolute Gasteiger partial charge is 0.164 e. The van der Waals surface area contributed by atoms with Gasteiger partial charge in [0.15, 0.2) is 10.8 Å². The molecule has 0 saturated carbocycles. The third-order valence-electron chi connectivity index (χ3n) is 4.62. The second kappa shape index (κ2) is 8.21. The number of benzene rings is 2. The normalized spacial score (nSPS) is 11.9. The molecule has 2 heterocycles. The molecule has 0 radical (unpaired) electrons. The predicted molar refractivity (Wildman–Crippen MR) is 121 cm³/mol. The first-order chi connectivity index (χ1) is 13.9. The summed E-state index contributed by atoms with van der Waals surface area (Å²) < 4.78 is 12.0. The van der Waals surface area contributed by atoms with Crippen molar-refractivity contribution < 1.29 is 9.15 Å². The van der Waals surface area contributed by atoms with Gasteiger partial charge in [-0.25, -0.2) is 4.98 Å². The van der Waals surface area contributed by atoms with Crippen molar-refractivity contribution in [2.24, 2.45) is 5.41 Å². The molecule has 0 unspecified atom stereocenters. The van der Waals surface area contributed by atoms with Crippen molar-refractivity contribution in [1.82, 2.24) is 4.98 Å². The summed E-state index contributed by atoms with van der Waals surface area (Å²) in [5.41, 5.74) is 4.36. The zero-order valence-electron chi connectivity index (χ0n) is 16.9. The first kappa shape index (κ1) is 20.0. The number of hydrogen-bond acceptors (Lipinski definition) is 4. The van der Waals surface area contributed by atoms with E-state index in [9.17, 15) is 0 Å². The van der Waals surface area contributed by atoms with Crippen LogP contribution in [0.15, 0.2) is 58.3 Å². The van der Waals surface area contributed by atoms with Crippen LogP contribution in [0, 0.1) is 5.41 Å². The molecule has 0 fully saturated rings. The topological polar surface area (TPSA) is 35.3 Å². The third-order valence-corrected chi connectivity index (χ3v) is 5.81. The molecule has 4 aromatic rings. The van der Waals surface area contributed by atoms with Crippen LogP contribution in [0.4, 0.5) is 0 Å². The molecule has 5 heteroatoms. The molecule has 29 heavy (non-hydrogen) atoms. The standard InChI is InChI=1S/C24H24ClNO2S/c1-24(2,3)12-19-15-29-23(26-19)22-11-18-10-20(8-9-21(18)28-22)27-14-17-7-5-4-6-16(17)13-25/h4-11,15H,12-14H2,1-3H3. The first-order valence-electron chi connectivity index (χ1n) is 9.65. The average molecular weight is 426 g/mol. The molecular formula is C24H24ClNO2S. The van der Waals surface area contributed by atoms with Gasteiger partial charge in [0, 0.05) is 16.6 Å². The summed E-state index contributed by atoms with van der Waals surface area (Å²) in [7, 11) is 0. The minimum Gasteiger partial charge on any atom is -0.489 e. The Morgan fingerprint density at radius 1 is 1.07 bits per heavy atom. The lowest BCUT2D eigenvalue weighted by atomic mass is 9.91. The van der Waals surface area contributed by atoms with E-state index in [2.05, 4.69) is 26.2 Å². The lowest BCUT2D eigenvalue weighted by Crippen LogP contribution is -2.09. The van der Waals surface area contributed by atoms with Crippen molar-refractivity contribution in [3.05, 3.63) is 70.7 Å². The van der Waals surface area contributed by atoms with E-state index in [1.807, 2.05) is 48.5 Å². The zero-order valence-corrected chi connectivity index (χ0v) is 18.4. The summed E-state index contributed by atoms with van der Waals surface area (Å²) in [5, 5.41) is 4.05. The van der Waals surface area contributed by atoms with Crippen molar-refractivity contribution in [2.75, 3.05) is 0 Å². The van der Waals surface area contributed by atoms with Gasteiger partial charge in [-0.1, -0.05) is 45.0 Å². The van der Waals surface area contributed by atoms with Crippen molar-refractivity contribution in [2.45, 2.75) is 39.7 Å². The average Bonchev–Trinajstić information content (AvgIpc) is 3.31. The van der Waals surface area contributed by atoms with Crippen molar-refractivity contribution in [1.29, 1.82) is 0 Å². The predicted octanol–water partition coefficient (Wildman–Crippen LogP) is 7.46. The summed E-state index contributed by atoms with van der Waals surface area (Å²) in [5.74, 6) is 2.09. The van der Waals surface area contributed by atoms with E-state index in [-0.39, 0.29) is 5.41 Å². The molecule has 0 amide bonds. The van der Waals surface area contributed by atoms with Crippen molar-refractivity contribution in [3.63, 3.8) is 0 Å². The summed E-state index contributed by atoms with van der Waals surface area (Å²) in [6, 6.07) is 16.0. The molecule has 2 aromatic carbocycles. The number of halogens is 1. The SMILES string of the molecule is CC(C)(C)Cc1csc(-c2cc3cc(OCc4ccccc4CCl)ccc3o2)n1. The number of nitrogens with zero attached hydrogens (tertiary/aromatic N) is 1. The molecule has 4 rings (SSSR count). The number of thiazole rings is 1. The van der Waals surface area contributed by atoms with Crippen LogP contribution in [0.1, 0.15) is 37.6 Å². The van der Waals surface area contributed by atoms with Gasteiger partial charge in [0.05, 0.1) is 5.69 Å². The molecule has 0 spiro atoms. The van der Waals surface area contributed by atoms with Crippen LogP contribution >= 0.6 is 22.9 Å². The van der Waals surface area contributed by atoms with E-state index in [4.69, 9.17) is 25.7 Å². The highest BCUT2D eigenvalue weighted by molar-refractivity contribution is 7.13. The summed E-state index contributed by atoms with van der Waals surface area (Å²) in [6.45, 7) is 7.16. The maximum absolute atomic E-state index is 6.03. The number of rotatable bonds is 6. The molecule has 0 atom stereocenters. The van der Waals surface area contributed by atoms with Gasteiger partial charge in [0.1, 0.15) is 17.9 Å². The Balaban J connectivity index is 1.52. The molecule has 150 valence electrons. The summed E-state index contributed by atoms with van der Waals surface area (Å²) in [6.07, 6.45) is 0.950. The highest BCUT2D eigenvalue weighted by Crippen LogP contribution is 2.33. The first-order valence-corrected chi connectivity index (χ1v) is 11.1. The largest absolute Gasteiger partial charge is 0.489 e. The summed E-state index contributed by atoms with van der Waals surface area (Å²) >= 11 is 7.64. The molecule has 3 nitrogen and oxygen atoms in total.